The second-order valence-corrected chi connectivity index (χ2v) is 5.84. The molecule has 21 heavy (non-hydrogen) atoms. The van der Waals surface area contributed by atoms with Gasteiger partial charge in [-0.2, -0.15) is 0 Å². The maximum Gasteiger partial charge on any atom is 0.257 e. The molecule has 0 atom stereocenters. The van der Waals surface area contributed by atoms with Crippen LogP contribution in [0.4, 0.5) is 10.1 Å². The zero-order valence-corrected chi connectivity index (χ0v) is 13.7. The molecule has 3 nitrogen and oxygen atoms in total. The van der Waals surface area contributed by atoms with Crippen LogP contribution in [-0.2, 0) is 0 Å². The first-order valence-electron chi connectivity index (χ1n) is 5.74. The summed E-state index contributed by atoms with van der Waals surface area (Å²) in [5.74, 6) is -0.942. The fraction of sp³-hybridized carbons (Fsp3) is 0. The smallest absolute Gasteiger partial charge is 0.257 e. The summed E-state index contributed by atoms with van der Waals surface area (Å²) in [6, 6.07) is 8.63. The number of nitrogens with two attached hydrogens (primary N) is 1. The van der Waals surface area contributed by atoms with Crippen LogP contribution in [0.25, 0.3) is 0 Å². The lowest BCUT2D eigenvalue weighted by molar-refractivity contribution is 0.102. The summed E-state index contributed by atoms with van der Waals surface area (Å²) in [4.78, 5) is 12.4. The van der Waals surface area contributed by atoms with E-state index in [9.17, 15) is 9.18 Å². The van der Waals surface area contributed by atoms with Gasteiger partial charge in [0, 0.05) is 10.0 Å². The first kappa shape index (κ1) is 15.9. The molecule has 0 heterocycles. The maximum absolute atomic E-state index is 13.0. The van der Waals surface area contributed by atoms with Crippen LogP contribution in [0.3, 0.4) is 0 Å². The van der Waals surface area contributed by atoms with Crippen molar-refractivity contribution in [2.45, 2.75) is 0 Å². The van der Waals surface area contributed by atoms with Gasteiger partial charge in [0.25, 0.3) is 5.91 Å². The van der Waals surface area contributed by atoms with Gasteiger partial charge in [0.1, 0.15) is 10.8 Å². The third-order valence-electron chi connectivity index (χ3n) is 2.68. The van der Waals surface area contributed by atoms with E-state index in [1.165, 1.54) is 12.1 Å². The number of benzene rings is 2. The van der Waals surface area contributed by atoms with Crippen LogP contribution in [-0.4, -0.2) is 10.9 Å². The van der Waals surface area contributed by atoms with Gasteiger partial charge in [0.15, 0.2) is 0 Å². The number of hydrogen-bond acceptors (Lipinski definition) is 2. The lowest BCUT2D eigenvalue weighted by Crippen LogP contribution is -2.14. The topological polar surface area (TPSA) is 55.1 Å². The summed E-state index contributed by atoms with van der Waals surface area (Å²) >= 11 is 14.0. The van der Waals surface area contributed by atoms with Crippen molar-refractivity contribution in [1.82, 2.24) is 0 Å². The van der Waals surface area contributed by atoms with Crippen molar-refractivity contribution in [2.75, 3.05) is 5.32 Å². The molecule has 108 valence electrons. The molecule has 0 radical (unpaired) electrons. The van der Waals surface area contributed by atoms with E-state index in [0.717, 1.165) is 6.07 Å². The average molecular weight is 388 g/mol. The molecule has 0 bridgehead atoms. The van der Waals surface area contributed by atoms with Gasteiger partial charge in [0.2, 0.25) is 0 Å². The van der Waals surface area contributed by atoms with Crippen LogP contribution in [0, 0.1) is 5.82 Å². The number of nitrogens with one attached hydrogen (secondary N) is 1. The molecule has 0 aliphatic carbocycles. The predicted octanol–water partition coefficient (Wildman–Crippen LogP) is 4.13. The highest BCUT2D eigenvalue weighted by Crippen LogP contribution is 2.25. The Morgan fingerprint density at radius 1 is 1.29 bits per heavy atom. The van der Waals surface area contributed by atoms with Gasteiger partial charge < -0.3 is 11.1 Å². The number of anilines is 1. The highest BCUT2D eigenvalue weighted by atomic mass is 79.9. The van der Waals surface area contributed by atoms with Crippen LogP contribution < -0.4 is 11.1 Å². The number of halogens is 3. The number of carbonyl (C=O) groups excluding carboxylic acids is 1. The number of carbonyl (C=O) groups is 1. The average Bonchev–Trinajstić information content (AvgIpc) is 2.40. The minimum atomic E-state index is -0.501. The zero-order valence-electron chi connectivity index (χ0n) is 10.5. The molecule has 0 spiro atoms. The Labute approximate surface area is 139 Å². The molecule has 0 aliphatic heterocycles. The number of amides is 1. The minimum Gasteiger partial charge on any atom is -0.389 e. The van der Waals surface area contributed by atoms with E-state index in [-0.39, 0.29) is 15.6 Å². The Morgan fingerprint density at radius 2 is 2.00 bits per heavy atom. The van der Waals surface area contributed by atoms with E-state index in [1.807, 2.05) is 0 Å². The van der Waals surface area contributed by atoms with Gasteiger partial charge >= 0.3 is 0 Å². The molecule has 3 N–H and O–H groups in total. The third-order valence-corrected chi connectivity index (χ3v) is 3.88. The van der Waals surface area contributed by atoms with E-state index in [4.69, 9.17) is 29.6 Å². The SMILES string of the molecule is NC(=S)c1ccc(NC(=O)c2ccc(F)cc2Cl)c(Br)c1. The highest BCUT2D eigenvalue weighted by molar-refractivity contribution is 9.10. The monoisotopic (exact) mass is 386 g/mol. The number of thiocarbonyl (C=S) groups is 1. The fourth-order valence-electron chi connectivity index (χ4n) is 1.63. The molecule has 2 aromatic rings. The van der Waals surface area contributed by atoms with Gasteiger partial charge in [-0.25, -0.2) is 4.39 Å². The number of hydrogen-bond donors (Lipinski definition) is 2. The van der Waals surface area contributed by atoms with Crippen LogP contribution in [0.5, 0.6) is 0 Å². The maximum atomic E-state index is 13.0. The molecule has 0 aliphatic rings. The van der Waals surface area contributed by atoms with Gasteiger partial charge in [-0.1, -0.05) is 23.8 Å². The van der Waals surface area contributed by atoms with Crippen LogP contribution in [0.2, 0.25) is 5.02 Å². The number of rotatable bonds is 3. The molecule has 2 rings (SSSR count). The first-order chi connectivity index (χ1) is 9.88. The van der Waals surface area contributed by atoms with Gasteiger partial charge in [-0.15, -0.1) is 0 Å². The molecule has 2 aromatic carbocycles. The Balaban J connectivity index is 2.25. The summed E-state index contributed by atoms with van der Waals surface area (Å²) in [6.07, 6.45) is 0. The Bertz CT molecular complexity index is 739. The normalized spacial score (nSPS) is 10.2. The van der Waals surface area contributed by atoms with Crippen LogP contribution in [0.15, 0.2) is 40.9 Å². The second kappa shape index (κ2) is 6.51. The Morgan fingerprint density at radius 3 is 2.57 bits per heavy atom. The van der Waals surface area contributed by atoms with Gasteiger partial charge in [-0.3, -0.25) is 4.79 Å². The molecular formula is C14H9BrClFN2OS. The minimum absolute atomic E-state index is 0.0448. The van der Waals surface area contributed by atoms with E-state index in [1.54, 1.807) is 18.2 Å². The molecule has 7 heteroatoms. The lowest BCUT2D eigenvalue weighted by atomic mass is 10.1. The molecule has 0 unspecified atom stereocenters. The second-order valence-electron chi connectivity index (χ2n) is 4.14. The summed E-state index contributed by atoms with van der Waals surface area (Å²) in [6.45, 7) is 0. The van der Waals surface area contributed by atoms with Crippen molar-refractivity contribution in [3.05, 3.63) is 62.8 Å². The molecule has 0 aromatic heterocycles. The van der Waals surface area contributed by atoms with Crippen molar-refractivity contribution >= 4 is 56.3 Å². The molecule has 1 amide bonds. The summed E-state index contributed by atoms with van der Waals surface area (Å²) < 4.78 is 13.6. The van der Waals surface area contributed by atoms with Crippen molar-refractivity contribution in [2.24, 2.45) is 5.73 Å². The third kappa shape index (κ3) is 3.78. The molecule has 0 saturated heterocycles. The zero-order chi connectivity index (χ0) is 15.6. The van der Waals surface area contributed by atoms with Crippen LogP contribution in [0.1, 0.15) is 15.9 Å². The Kier molecular flexibility index (Phi) is 4.92. The Hall–Kier alpha value is -1.50. The predicted molar refractivity (Wildman–Crippen MR) is 89.4 cm³/mol. The highest BCUT2D eigenvalue weighted by Gasteiger charge is 2.13. The first-order valence-corrected chi connectivity index (χ1v) is 7.32. The fourth-order valence-corrected chi connectivity index (χ4v) is 2.49. The van der Waals surface area contributed by atoms with Crippen molar-refractivity contribution < 1.29 is 9.18 Å². The van der Waals surface area contributed by atoms with Gasteiger partial charge in [0.05, 0.1) is 16.3 Å². The van der Waals surface area contributed by atoms with Crippen LogP contribution >= 0.6 is 39.7 Å². The molecular weight excluding hydrogens is 379 g/mol. The van der Waals surface area contributed by atoms with Crippen molar-refractivity contribution in [1.29, 1.82) is 0 Å². The lowest BCUT2D eigenvalue weighted by Gasteiger charge is -2.10. The van der Waals surface area contributed by atoms with Gasteiger partial charge in [-0.05, 0) is 52.3 Å². The standard InChI is InChI=1S/C14H9BrClFN2OS/c15-10-5-7(13(18)21)1-4-12(10)19-14(20)9-3-2-8(17)6-11(9)16/h1-6H,(H2,18,21)(H,19,20). The van der Waals surface area contributed by atoms with E-state index >= 15 is 0 Å². The largest absolute Gasteiger partial charge is 0.389 e. The van der Waals surface area contributed by atoms with E-state index in [0.29, 0.717) is 15.7 Å². The summed E-state index contributed by atoms with van der Waals surface area (Å²) in [5, 5.41) is 2.72. The van der Waals surface area contributed by atoms with E-state index in [2.05, 4.69) is 21.2 Å². The summed E-state index contributed by atoms with van der Waals surface area (Å²) in [7, 11) is 0. The quantitative estimate of drug-likeness (QED) is 0.779. The van der Waals surface area contributed by atoms with Crippen molar-refractivity contribution in [3.8, 4) is 0 Å². The molecule has 0 fully saturated rings. The molecule has 0 saturated carbocycles. The summed E-state index contributed by atoms with van der Waals surface area (Å²) in [5.41, 5.74) is 6.92. The van der Waals surface area contributed by atoms with Crippen molar-refractivity contribution in [3.63, 3.8) is 0 Å². The van der Waals surface area contributed by atoms with E-state index < -0.39 is 11.7 Å².